The lowest BCUT2D eigenvalue weighted by molar-refractivity contribution is -0.144. The maximum absolute atomic E-state index is 12.3. The summed E-state index contributed by atoms with van der Waals surface area (Å²) in [6.07, 6.45) is 0.662. The summed E-state index contributed by atoms with van der Waals surface area (Å²) < 4.78 is 5.17. The Morgan fingerprint density at radius 3 is 2.50 bits per heavy atom. The molecule has 100 valence electrons. The fraction of sp³-hybridized carbons (Fsp3) is 0.750. The van der Waals surface area contributed by atoms with E-state index in [4.69, 9.17) is 9.84 Å². The molecule has 0 aliphatic carbocycles. The van der Waals surface area contributed by atoms with Crippen LogP contribution < -0.4 is 0 Å². The molecule has 6 nitrogen and oxygen atoms in total. The highest BCUT2D eigenvalue weighted by molar-refractivity contribution is 5.86. The molecule has 0 aromatic rings. The summed E-state index contributed by atoms with van der Waals surface area (Å²) in [7, 11) is 0. The van der Waals surface area contributed by atoms with Crippen LogP contribution in [0, 0.1) is 16.7 Å². The van der Waals surface area contributed by atoms with Gasteiger partial charge < -0.3 is 14.7 Å². The minimum atomic E-state index is -1.03. The highest BCUT2D eigenvalue weighted by atomic mass is 16.5. The molecule has 0 bridgehead atoms. The van der Waals surface area contributed by atoms with Crippen molar-refractivity contribution in [2.24, 2.45) is 5.41 Å². The molecule has 0 saturated carbocycles. The minimum absolute atomic E-state index is 0.0996. The lowest BCUT2D eigenvalue weighted by Gasteiger charge is -2.34. The number of amides is 1. The van der Waals surface area contributed by atoms with E-state index in [0.29, 0.717) is 32.6 Å². The zero-order valence-electron chi connectivity index (χ0n) is 10.5. The van der Waals surface area contributed by atoms with E-state index in [1.165, 1.54) is 4.90 Å². The second kappa shape index (κ2) is 6.36. The van der Waals surface area contributed by atoms with Gasteiger partial charge in [-0.1, -0.05) is 0 Å². The number of nitrogens with zero attached hydrogens (tertiary/aromatic N) is 2. The molecule has 1 rings (SSSR count). The van der Waals surface area contributed by atoms with E-state index >= 15 is 0 Å². The Kier molecular flexibility index (Phi) is 5.10. The van der Waals surface area contributed by atoms with Crippen LogP contribution in [0.1, 0.15) is 26.2 Å². The average molecular weight is 254 g/mol. The summed E-state index contributed by atoms with van der Waals surface area (Å²) in [5.41, 5.74) is -1.03. The van der Waals surface area contributed by atoms with Crippen molar-refractivity contribution in [3.63, 3.8) is 0 Å². The predicted molar refractivity (Wildman–Crippen MR) is 62.6 cm³/mol. The molecule has 6 heteroatoms. The summed E-state index contributed by atoms with van der Waals surface area (Å²) in [6.45, 7) is 3.14. The highest BCUT2D eigenvalue weighted by Gasteiger charge is 2.42. The molecule has 1 aliphatic heterocycles. The third kappa shape index (κ3) is 3.20. The Hall–Kier alpha value is -1.61. The van der Waals surface area contributed by atoms with Crippen molar-refractivity contribution in [2.45, 2.75) is 26.2 Å². The molecule has 0 radical (unpaired) electrons. The van der Waals surface area contributed by atoms with Crippen LogP contribution in [0.25, 0.3) is 0 Å². The first-order valence-electron chi connectivity index (χ1n) is 6.06. The van der Waals surface area contributed by atoms with Crippen molar-refractivity contribution in [2.75, 3.05) is 26.3 Å². The molecule has 1 aliphatic rings. The molecule has 1 amide bonds. The number of carboxylic acid groups (broad SMARTS) is 1. The monoisotopic (exact) mass is 254 g/mol. The first kappa shape index (κ1) is 14.5. The van der Waals surface area contributed by atoms with Gasteiger partial charge in [0.1, 0.15) is 5.41 Å². The molecule has 0 aromatic heterocycles. The maximum atomic E-state index is 12.3. The standard InChI is InChI=1S/C12H18N2O4/c1-2-14(6-3-10(15)16)11(17)12(9-13)4-7-18-8-5-12/h2-8H2,1H3,(H,15,16). The van der Waals surface area contributed by atoms with Gasteiger partial charge in [-0.2, -0.15) is 5.26 Å². The Morgan fingerprint density at radius 1 is 1.44 bits per heavy atom. The topological polar surface area (TPSA) is 90.6 Å². The molecular weight excluding hydrogens is 236 g/mol. The van der Waals surface area contributed by atoms with Crippen LogP contribution >= 0.6 is 0 Å². The predicted octanol–water partition coefficient (Wildman–Crippen LogP) is 0.630. The minimum Gasteiger partial charge on any atom is -0.481 e. The summed E-state index contributed by atoms with van der Waals surface area (Å²) in [5, 5.41) is 17.9. The number of hydrogen-bond donors (Lipinski definition) is 1. The number of carbonyl (C=O) groups excluding carboxylic acids is 1. The van der Waals surface area contributed by atoms with Gasteiger partial charge in [-0.3, -0.25) is 9.59 Å². The van der Waals surface area contributed by atoms with Gasteiger partial charge in [-0.15, -0.1) is 0 Å². The largest absolute Gasteiger partial charge is 0.481 e. The first-order chi connectivity index (χ1) is 8.55. The second-order valence-electron chi connectivity index (χ2n) is 4.33. The van der Waals surface area contributed by atoms with E-state index in [1.54, 1.807) is 6.92 Å². The first-order valence-corrected chi connectivity index (χ1v) is 6.06. The summed E-state index contributed by atoms with van der Waals surface area (Å²) >= 11 is 0. The lowest BCUT2D eigenvalue weighted by atomic mass is 9.80. The van der Waals surface area contributed by atoms with E-state index in [-0.39, 0.29) is 18.9 Å². The molecule has 0 unspecified atom stereocenters. The molecule has 18 heavy (non-hydrogen) atoms. The lowest BCUT2D eigenvalue weighted by Crippen LogP contribution is -2.46. The van der Waals surface area contributed by atoms with Gasteiger partial charge in [-0.25, -0.2) is 0 Å². The Labute approximate surface area is 106 Å². The maximum Gasteiger partial charge on any atom is 0.305 e. The molecule has 0 spiro atoms. The third-order valence-electron chi connectivity index (χ3n) is 3.23. The number of hydrogen-bond acceptors (Lipinski definition) is 4. The van der Waals surface area contributed by atoms with Crippen molar-refractivity contribution in [3.8, 4) is 6.07 Å². The molecule has 1 saturated heterocycles. The van der Waals surface area contributed by atoms with E-state index in [0.717, 1.165) is 0 Å². The van der Waals surface area contributed by atoms with Crippen LogP contribution in [0.15, 0.2) is 0 Å². The average Bonchev–Trinajstić information content (AvgIpc) is 2.39. The fourth-order valence-corrected chi connectivity index (χ4v) is 2.03. The fourth-order valence-electron chi connectivity index (χ4n) is 2.03. The van der Waals surface area contributed by atoms with Gasteiger partial charge in [0, 0.05) is 26.3 Å². The van der Waals surface area contributed by atoms with E-state index < -0.39 is 11.4 Å². The third-order valence-corrected chi connectivity index (χ3v) is 3.23. The number of carboxylic acids is 1. The zero-order valence-corrected chi connectivity index (χ0v) is 10.5. The Balaban J connectivity index is 2.74. The van der Waals surface area contributed by atoms with Crippen molar-refractivity contribution in [3.05, 3.63) is 0 Å². The van der Waals surface area contributed by atoms with Crippen molar-refractivity contribution in [1.82, 2.24) is 4.90 Å². The van der Waals surface area contributed by atoms with E-state index in [1.807, 2.05) is 0 Å². The van der Waals surface area contributed by atoms with Gasteiger partial charge in [0.25, 0.3) is 0 Å². The van der Waals surface area contributed by atoms with Gasteiger partial charge in [0.2, 0.25) is 5.91 Å². The van der Waals surface area contributed by atoms with Gasteiger partial charge >= 0.3 is 5.97 Å². The van der Waals surface area contributed by atoms with Crippen LogP contribution in [-0.2, 0) is 14.3 Å². The van der Waals surface area contributed by atoms with Crippen LogP contribution in [0.4, 0.5) is 0 Å². The number of aliphatic carboxylic acids is 1. The highest BCUT2D eigenvalue weighted by Crippen LogP contribution is 2.32. The van der Waals surface area contributed by atoms with Crippen molar-refractivity contribution < 1.29 is 19.4 Å². The Morgan fingerprint density at radius 2 is 2.06 bits per heavy atom. The summed E-state index contributed by atoms with van der Waals surface area (Å²) in [5.74, 6) is -1.21. The van der Waals surface area contributed by atoms with Crippen LogP contribution in [0.3, 0.4) is 0 Å². The van der Waals surface area contributed by atoms with E-state index in [9.17, 15) is 14.9 Å². The number of rotatable bonds is 5. The number of carbonyl (C=O) groups is 2. The SMILES string of the molecule is CCN(CCC(=O)O)C(=O)C1(C#N)CCOCC1. The second-order valence-corrected chi connectivity index (χ2v) is 4.33. The van der Waals surface area contributed by atoms with Crippen molar-refractivity contribution in [1.29, 1.82) is 5.26 Å². The molecule has 1 heterocycles. The molecule has 1 N–H and O–H groups in total. The van der Waals surface area contributed by atoms with Crippen LogP contribution in [0.2, 0.25) is 0 Å². The van der Waals surface area contributed by atoms with Gasteiger partial charge in [-0.05, 0) is 19.8 Å². The van der Waals surface area contributed by atoms with Crippen LogP contribution in [0.5, 0.6) is 0 Å². The van der Waals surface area contributed by atoms with Crippen molar-refractivity contribution >= 4 is 11.9 Å². The van der Waals surface area contributed by atoms with Gasteiger partial charge in [0.15, 0.2) is 0 Å². The Bertz CT molecular complexity index is 356. The molecular formula is C12H18N2O4. The number of ether oxygens (including phenoxy) is 1. The quantitative estimate of drug-likeness (QED) is 0.777. The number of nitriles is 1. The van der Waals surface area contributed by atoms with E-state index in [2.05, 4.69) is 6.07 Å². The normalized spacial score (nSPS) is 17.8. The molecule has 1 fully saturated rings. The zero-order chi connectivity index (χ0) is 13.6. The van der Waals surface area contributed by atoms with Crippen LogP contribution in [-0.4, -0.2) is 48.2 Å². The summed E-state index contributed by atoms with van der Waals surface area (Å²) in [4.78, 5) is 24.3. The molecule has 0 aromatic carbocycles. The smallest absolute Gasteiger partial charge is 0.305 e. The molecule has 0 atom stereocenters. The van der Waals surface area contributed by atoms with Gasteiger partial charge in [0.05, 0.1) is 12.5 Å². The summed E-state index contributed by atoms with van der Waals surface area (Å²) in [6, 6.07) is 2.10.